The smallest absolute Gasteiger partial charge is 0.253 e. The van der Waals surface area contributed by atoms with Gasteiger partial charge >= 0.3 is 0 Å². The first-order valence-electron chi connectivity index (χ1n) is 9.23. The molecule has 0 aliphatic carbocycles. The van der Waals surface area contributed by atoms with Crippen LogP contribution in [0.25, 0.3) is 0 Å². The normalized spacial score (nSPS) is 18.5. The topological polar surface area (TPSA) is 78.9 Å². The van der Waals surface area contributed by atoms with Gasteiger partial charge in [-0.3, -0.25) is 9.59 Å². The summed E-state index contributed by atoms with van der Waals surface area (Å²) in [4.78, 5) is 27.0. The fraction of sp³-hybridized carbons (Fsp3) is 0.600. The van der Waals surface area contributed by atoms with Crippen LogP contribution in [0.15, 0.2) is 18.2 Å². The van der Waals surface area contributed by atoms with Gasteiger partial charge in [0.2, 0.25) is 5.91 Å². The molecular formula is C20H30N2O4. The molecule has 1 heterocycles. The average Bonchev–Trinajstić information content (AvgIpc) is 2.60. The zero-order chi connectivity index (χ0) is 19.1. The van der Waals surface area contributed by atoms with E-state index in [0.29, 0.717) is 31.6 Å². The minimum absolute atomic E-state index is 0.00943. The van der Waals surface area contributed by atoms with Gasteiger partial charge in [0.15, 0.2) is 0 Å². The summed E-state index contributed by atoms with van der Waals surface area (Å²) in [5.41, 5.74) is 2.81. The summed E-state index contributed by atoms with van der Waals surface area (Å²) in [6.45, 7) is 5.76. The zero-order valence-corrected chi connectivity index (χ0v) is 16.0. The van der Waals surface area contributed by atoms with E-state index in [1.54, 1.807) is 4.90 Å². The minimum atomic E-state index is -0.575. The van der Waals surface area contributed by atoms with Crippen molar-refractivity contribution in [3.63, 3.8) is 0 Å². The fourth-order valence-corrected chi connectivity index (χ4v) is 3.44. The number of likely N-dealkylation sites (tertiary alicyclic amines) is 1. The molecule has 0 radical (unpaired) electrons. The molecular weight excluding hydrogens is 332 g/mol. The van der Waals surface area contributed by atoms with Crippen molar-refractivity contribution >= 4 is 11.8 Å². The molecule has 1 aromatic carbocycles. The molecule has 1 aliphatic heterocycles. The number of ether oxygens (including phenoxy) is 1. The molecule has 0 unspecified atom stereocenters. The van der Waals surface area contributed by atoms with Crippen molar-refractivity contribution in [2.75, 3.05) is 33.4 Å². The van der Waals surface area contributed by atoms with Gasteiger partial charge in [0.05, 0.1) is 18.6 Å². The predicted molar refractivity (Wildman–Crippen MR) is 100 cm³/mol. The Bertz CT molecular complexity index is 612. The second-order valence-corrected chi connectivity index (χ2v) is 7.16. The van der Waals surface area contributed by atoms with Gasteiger partial charge in [0.25, 0.3) is 5.91 Å². The first-order chi connectivity index (χ1) is 12.4. The highest BCUT2D eigenvalue weighted by Crippen LogP contribution is 2.20. The lowest BCUT2D eigenvalue weighted by atomic mass is 9.96. The summed E-state index contributed by atoms with van der Waals surface area (Å²) < 4.78 is 4.87. The van der Waals surface area contributed by atoms with Crippen LogP contribution < -0.4 is 5.32 Å². The van der Waals surface area contributed by atoms with Gasteiger partial charge in [-0.15, -0.1) is 0 Å². The fourth-order valence-electron chi connectivity index (χ4n) is 3.44. The average molecular weight is 362 g/mol. The molecule has 0 bridgehead atoms. The Balaban J connectivity index is 1.89. The summed E-state index contributed by atoms with van der Waals surface area (Å²) in [5.74, 6) is -0.254. The first kappa shape index (κ1) is 20.4. The van der Waals surface area contributed by atoms with E-state index in [4.69, 9.17) is 4.74 Å². The Morgan fingerprint density at radius 1 is 1.31 bits per heavy atom. The van der Waals surface area contributed by atoms with Gasteiger partial charge in [-0.05, 0) is 45.2 Å². The molecule has 1 aliphatic rings. The second-order valence-electron chi connectivity index (χ2n) is 7.16. The number of nitrogens with one attached hydrogen (secondary N) is 1. The maximum atomic E-state index is 12.8. The number of methoxy groups -OCH3 is 1. The Morgan fingerprint density at radius 3 is 2.65 bits per heavy atom. The summed E-state index contributed by atoms with van der Waals surface area (Å²) >= 11 is 0. The van der Waals surface area contributed by atoms with Crippen LogP contribution in [0.5, 0.6) is 0 Å². The highest BCUT2D eigenvalue weighted by atomic mass is 16.5. The molecule has 2 N–H and O–H groups in total. The molecule has 6 nitrogen and oxygen atoms in total. The van der Waals surface area contributed by atoms with Crippen LogP contribution in [0.2, 0.25) is 0 Å². The molecule has 1 aromatic rings. The lowest BCUT2D eigenvalue weighted by Gasteiger charge is -2.32. The number of nitrogens with zero attached hydrogens (tertiary/aromatic N) is 1. The third kappa shape index (κ3) is 5.81. The van der Waals surface area contributed by atoms with E-state index < -0.39 is 6.10 Å². The molecule has 6 heteroatoms. The molecule has 0 spiro atoms. The van der Waals surface area contributed by atoms with E-state index in [-0.39, 0.29) is 24.3 Å². The number of amides is 2. The van der Waals surface area contributed by atoms with Crippen LogP contribution >= 0.6 is 0 Å². The van der Waals surface area contributed by atoms with Gasteiger partial charge in [0, 0.05) is 32.3 Å². The number of carbonyl (C=O) groups is 2. The zero-order valence-electron chi connectivity index (χ0n) is 16.0. The van der Waals surface area contributed by atoms with Crippen LogP contribution in [-0.2, 0) is 9.53 Å². The van der Waals surface area contributed by atoms with Crippen LogP contribution in [0.3, 0.4) is 0 Å². The molecule has 0 saturated carbocycles. The number of carbonyl (C=O) groups excluding carboxylic acids is 2. The number of rotatable bonds is 7. The molecule has 1 fully saturated rings. The van der Waals surface area contributed by atoms with E-state index in [1.165, 1.54) is 7.11 Å². The summed E-state index contributed by atoms with van der Waals surface area (Å²) in [5, 5.41) is 12.5. The van der Waals surface area contributed by atoms with Crippen molar-refractivity contribution in [1.82, 2.24) is 10.2 Å². The molecule has 2 rings (SSSR count). The molecule has 1 saturated heterocycles. The SMILES string of the molecule is COC[C@H](O)CCNC(=O)[C@H]1CCCN(C(=O)c2cc(C)cc(C)c2)C1. The number of hydrogen-bond acceptors (Lipinski definition) is 4. The molecule has 0 aromatic heterocycles. The van der Waals surface area contributed by atoms with Crippen molar-refractivity contribution in [3.05, 3.63) is 34.9 Å². The van der Waals surface area contributed by atoms with Gasteiger partial charge in [0.1, 0.15) is 0 Å². The molecule has 144 valence electrons. The van der Waals surface area contributed by atoms with Crippen LogP contribution in [0.4, 0.5) is 0 Å². The lowest BCUT2D eigenvalue weighted by molar-refractivity contribution is -0.126. The summed E-state index contributed by atoms with van der Waals surface area (Å²) in [7, 11) is 1.53. The monoisotopic (exact) mass is 362 g/mol. The summed E-state index contributed by atoms with van der Waals surface area (Å²) in [6.07, 6.45) is 1.48. The molecule has 26 heavy (non-hydrogen) atoms. The van der Waals surface area contributed by atoms with E-state index in [0.717, 1.165) is 24.0 Å². The van der Waals surface area contributed by atoms with Crippen molar-refractivity contribution in [2.24, 2.45) is 5.92 Å². The Hall–Kier alpha value is -1.92. The highest BCUT2D eigenvalue weighted by molar-refractivity contribution is 5.95. The largest absolute Gasteiger partial charge is 0.391 e. The van der Waals surface area contributed by atoms with Gasteiger partial charge in [-0.1, -0.05) is 17.2 Å². The number of aryl methyl sites for hydroxylation is 2. The van der Waals surface area contributed by atoms with Crippen LogP contribution in [0, 0.1) is 19.8 Å². The second kappa shape index (κ2) is 9.69. The number of hydrogen-bond donors (Lipinski definition) is 2. The number of benzene rings is 1. The number of aliphatic hydroxyl groups is 1. The van der Waals surface area contributed by atoms with Crippen LogP contribution in [-0.4, -0.2) is 61.3 Å². The number of piperidine rings is 1. The third-order valence-corrected chi connectivity index (χ3v) is 4.68. The van der Waals surface area contributed by atoms with Gasteiger partial charge < -0.3 is 20.1 Å². The first-order valence-corrected chi connectivity index (χ1v) is 9.23. The lowest BCUT2D eigenvalue weighted by Crippen LogP contribution is -2.45. The maximum Gasteiger partial charge on any atom is 0.253 e. The van der Waals surface area contributed by atoms with E-state index in [2.05, 4.69) is 5.32 Å². The third-order valence-electron chi connectivity index (χ3n) is 4.68. The van der Waals surface area contributed by atoms with Gasteiger partial charge in [-0.2, -0.15) is 0 Å². The van der Waals surface area contributed by atoms with E-state index in [9.17, 15) is 14.7 Å². The number of aliphatic hydroxyl groups excluding tert-OH is 1. The van der Waals surface area contributed by atoms with E-state index >= 15 is 0 Å². The predicted octanol–water partition coefficient (Wildman–Crippen LogP) is 1.67. The van der Waals surface area contributed by atoms with Crippen molar-refractivity contribution in [1.29, 1.82) is 0 Å². The maximum absolute atomic E-state index is 12.8. The van der Waals surface area contributed by atoms with Crippen molar-refractivity contribution in [3.8, 4) is 0 Å². The Morgan fingerprint density at radius 2 is 2.00 bits per heavy atom. The van der Waals surface area contributed by atoms with E-state index in [1.807, 2.05) is 32.0 Å². The Kier molecular flexibility index (Phi) is 7.60. The minimum Gasteiger partial charge on any atom is -0.391 e. The summed E-state index contributed by atoms with van der Waals surface area (Å²) in [6, 6.07) is 5.84. The van der Waals surface area contributed by atoms with Crippen molar-refractivity contribution in [2.45, 2.75) is 39.2 Å². The Labute approximate surface area is 155 Å². The quantitative estimate of drug-likeness (QED) is 0.773. The van der Waals surface area contributed by atoms with Gasteiger partial charge in [-0.25, -0.2) is 0 Å². The standard InChI is InChI=1S/C20H30N2O4/c1-14-9-15(2)11-17(10-14)20(25)22-8-4-5-16(12-22)19(24)21-7-6-18(23)13-26-3/h9-11,16,18,23H,4-8,12-13H2,1-3H3,(H,21,24)/t16-,18+/m0/s1. The molecule has 2 atom stereocenters. The van der Waals surface area contributed by atoms with Crippen LogP contribution in [0.1, 0.15) is 40.7 Å². The highest BCUT2D eigenvalue weighted by Gasteiger charge is 2.29. The van der Waals surface area contributed by atoms with Crippen molar-refractivity contribution < 1.29 is 19.4 Å². The molecule has 2 amide bonds.